The molecule has 0 spiro atoms. The Morgan fingerprint density at radius 3 is 2.93 bits per heavy atom. The van der Waals surface area contributed by atoms with Crippen molar-refractivity contribution in [2.75, 3.05) is 18.4 Å². The lowest BCUT2D eigenvalue weighted by atomic mass is 10.1. The molecule has 15 heavy (non-hydrogen) atoms. The average Bonchev–Trinajstić information content (AvgIpc) is 2.74. The zero-order valence-corrected chi connectivity index (χ0v) is 10.1. The molecule has 5 heteroatoms. The van der Waals surface area contributed by atoms with E-state index in [2.05, 4.69) is 36.5 Å². The summed E-state index contributed by atoms with van der Waals surface area (Å²) in [5, 5.41) is 6.68. The Morgan fingerprint density at radius 2 is 2.27 bits per heavy atom. The second-order valence-corrected chi connectivity index (χ2v) is 4.65. The van der Waals surface area contributed by atoms with E-state index < -0.39 is 0 Å². The molecule has 1 aliphatic heterocycles. The molecule has 1 aromatic heterocycles. The predicted molar refractivity (Wildman–Crippen MR) is 63.9 cm³/mol. The highest BCUT2D eigenvalue weighted by Gasteiger charge is 2.12. The lowest BCUT2D eigenvalue weighted by Gasteiger charge is -2.10. The van der Waals surface area contributed by atoms with Crippen LogP contribution in [0.4, 0.5) is 5.95 Å². The van der Waals surface area contributed by atoms with Crippen LogP contribution in [0.15, 0.2) is 16.9 Å². The largest absolute Gasteiger partial charge is 0.354 e. The molecule has 1 saturated heterocycles. The summed E-state index contributed by atoms with van der Waals surface area (Å²) in [4.78, 5) is 8.31. The molecule has 1 aliphatic rings. The Bertz CT molecular complexity index is 295. The van der Waals surface area contributed by atoms with Gasteiger partial charge in [-0.05, 0) is 41.7 Å². The van der Waals surface area contributed by atoms with E-state index in [9.17, 15) is 0 Å². The van der Waals surface area contributed by atoms with Gasteiger partial charge in [0, 0.05) is 25.0 Å². The first-order valence-corrected chi connectivity index (χ1v) is 6.09. The highest BCUT2D eigenvalue weighted by atomic mass is 79.9. The van der Waals surface area contributed by atoms with Gasteiger partial charge in [-0.25, -0.2) is 9.97 Å². The fraction of sp³-hybridized carbons (Fsp3) is 0.600. The fourth-order valence-electron chi connectivity index (χ4n) is 1.76. The number of nitrogens with zero attached hydrogens (tertiary/aromatic N) is 2. The molecule has 82 valence electrons. The molecule has 0 aliphatic carbocycles. The number of anilines is 1. The number of aromatic nitrogens is 2. The van der Waals surface area contributed by atoms with E-state index >= 15 is 0 Å². The highest BCUT2D eigenvalue weighted by molar-refractivity contribution is 9.10. The van der Waals surface area contributed by atoms with Crippen molar-refractivity contribution in [1.29, 1.82) is 0 Å². The van der Waals surface area contributed by atoms with Crippen LogP contribution in [-0.2, 0) is 0 Å². The number of nitrogens with one attached hydrogen (secondary N) is 2. The SMILES string of the molecule is Brc1cnc(NCCC2CCCN2)nc1. The van der Waals surface area contributed by atoms with E-state index in [0.717, 1.165) is 17.4 Å². The molecule has 2 N–H and O–H groups in total. The van der Waals surface area contributed by atoms with Crippen LogP contribution in [0.5, 0.6) is 0 Å². The van der Waals surface area contributed by atoms with Crippen molar-refractivity contribution in [3.8, 4) is 0 Å². The minimum atomic E-state index is 0.674. The van der Waals surface area contributed by atoms with Crippen LogP contribution in [-0.4, -0.2) is 29.1 Å². The van der Waals surface area contributed by atoms with E-state index in [4.69, 9.17) is 0 Å². The van der Waals surface area contributed by atoms with Gasteiger partial charge in [0.1, 0.15) is 0 Å². The van der Waals surface area contributed by atoms with Crippen molar-refractivity contribution < 1.29 is 0 Å². The summed E-state index contributed by atoms with van der Waals surface area (Å²) in [6, 6.07) is 0.674. The maximum atomic E-state index is 4.15. The first-order chi connectivity index (χ1) is 7.34. The number of halogens is 1. The van der Waals surface area contributed by atoms with Crippen molar-refractivity contribution in [2.24, 2.45) is 0 Å². The molecule has 0 bridgehead atoms. The van der Waals surface area contributed by atoms with Crippen molar-refractivity contribution >= 4 is 21.9 Å². The van der Waals surface area contributed by atoms with Gasteiger partial charge in [-0.1, -0.05) is 0 Å². The van der Waals surface area contributed by atoms with Crippen molar-refractivity contribution in [3.63, 3.8) is 0 Å². The van der Waals surface area contributed by atoms with E-state index in [-0.39, 0.29) is 0 Å². The molecule has 0 radical (unpaired) electrons. The van der Waals surface area contributed by atoms with Crippen LogP contribution >= 0.6 is 15.9 Å². The topological polar surface area (TPSA) is 49.8 Å². The lowest BCUT2D eigenvalue weighted by Crippen LogP contribution is -2.24. The van der Waals surface area contributed by atoms with Crippen LogP contribution in [0.25, 0.3) is 0 Å². The minimum Gasteiger partial charge on any atom is -0.354 e. The summed E-state index contributed by atoms with van der Waals surface area (Å²) < 4.78 is 0.908. The standard InChI is InChI=1S/C10H15BrN4/c11-8-6-14-10(15-7-8)13-5-3-9-2-1-4-12-9/h6-7,9,12H,1-5H2,(H,13,14,15). The third-order valence-electron chi connectivity index (χ3n) is 2.56. The van der Waals surface area contributed by atoms with Gasteiger partial charge in [-0.15, -0.1) is 0 Å². The summed E-state index contributed by atoms with van der Waals surface area (Å²) >= 11 is 3.30. The lowest BCUT2D eigenvalue weighted by molar-refractivity contribution is 0.573. The van der Waals surface area contributed by atoms with E-state index in [1.165, 1.54) is 19.4 Å². The van der Waals surface area contributed by atoms with Crippen LogP contribution < -0.4 is 10.6 Å². The monoisotopic (exact) mass is 270 g/mol. The van der Waals surface area contributed by atoms with Gasteiger partial charge >= 0.3 is 0 Å². The van der Waals surface area contributed by atoms with Gasteiger partial charge < -0.3 is 10.6 Å². The fourth-order valence-corrected chi connectivity index (χ4v) is 1.97. The molecule has 0 aromatic carbocycles. The van der Waals surface area contributed by atoms with Gasteiger partial charge in [0.2, 0.25) is 5.95 Å². The number of hydrogen-bond acceptors (Lipinski definition) is 4. The van der Waals surface area contributed by atoms with Gasteiger partial charge in [-0.2, -0.15) is 0 Å². The maximum absolute atomic E-state index is 4.15. The van der Waals surface area contributed by atoms with Crippen molar-refractivity contribution in [3.05, 3.63) is 16.9 Å². The number of rotatable bonds is 4. The molecule has 0 saturated carbocycles. The summed E-state index contributed by atoms with van der Waals surface area (Å²) in [5.74, 6) is 0.705. The Hall–Kier alpha value is -0.680. The van der Waals surface area contributed by atoms with Crippen LogP contribution in [0, 0.1) is 0 Å². The molecule has 0 amide bonds. The van der Waals surface area contributed by atoms with Crippen LogP contribution in [0.2, 0.25) is 0 Å². The first kappa shape index (κ1) is 10.8. The maximum Gasteiger partial charge on any atom is 0.222 e. The predicted octanol–water partition coefficient (Wildman–Crippen LogP) is 1.79. The van der Waals surface area contributed by atoms with Crippen molar-refractivity contribution in [2.45, 2.75) is 25.3 Å². The molecular weight excluding hydrogens is 256 g/mol. The molecule has 1 fully saturated rings. The van der Waals surface area contributed by atoms with Crippen LogP contribution in [0.1, 0.15) is 19.3 Å². The zero-order valence-electron chi connectivity index (χ0n) is 8.54. The quantitative estimate of drug-likeness (QED) is 0.876. The third kappa shape index (κ3) is 3.43. The number of hydrogen-bond donors (Lipinski definition) is 2. The minimum absolute atomic E-state index is 0.674. The van der Waals surface area contributed by atoms with Gasteiger partial charge in [0.15, 0.2) is 0 Å². The van der Waals surface area contributed by atoms with E-state index in [1.54, 1.807) is 12.4 Å². The Labute approximate surface area is 98.0 Å². The summed E-state index contributed by atoms with van der Waals surface area (Å²) in [6.45, 7) is 2.10. The molecule has 4 nitrogen and oxygen atoms in total. The average molecular weight is 271 g/mol. The van der Waals surface area contributed by atoms with Gasteiger partial charge in [0.25, 0.3) is 0 Å². The summed E-state index contributed by atoms with van der Waals surface area (Å²) in [6.07, 6.45) is 7.24. The van der Waals surface area contributed by atoms with Crippen molar-refractivity contribution in [1.82, 2.24) is 15.3 Å². The van der Waals surface area contributed by atoms with E-state index in [1.807, 2.05) is 0 Å². The molecule has 1 atom stereocenters. The van der Waals surface area contributed by atoms with Gasteiger partial charge in [0.05, 0.1) is 4.47 Å². The van der Waals surface area contributed by atoms with Gasteiger partial charge in [-0.3, -0.25) is 0 Å². The summed E-state index contributed by atoms with van der Waals surface area (Å²) in [7, 11) is 0. The normalized spacial score (nSPS) is 20.5. The molecule has 2 rings (SSSR count). The Morgan fingerprint density at radius 1 is 1.47 bits per heavy atom. The second-order valence-electron chi connectivity index (χ2n) is 3.73. The van der Waals surface area contributed by atoms with E-state index in [0.29, 0.717) is 12.0 Å². The molecule has 1 unspecified atom stereocenters. The molecule has 2 heterocycles. The van der Waals surface area contributed by atoms with Crippen LogP contribution in [0.3, 0.4) is 0 Å². The Kier molecular flexibility index (Phi) is 3.91. The first-order valence-electron chi connectivity index (χ1n) is 5.29. The molecule has 1 aromatic rings. The smallest absolute Gasteiger partial charge is 0.222 e. The Balaban J connectivity index is 1.71. The molecular formula is C10H15BrN4. The summed E-state index contributed by atoms with van der Waals surface area (Å²) in [5.41, 5.74) is 0. The zero-order chi connectivity index (χ0) is 10.5. The highest BCUT2D eigenvalue weighted by Crippen LogP contribution is 2.09. The third-order valence-corrected chi connectivity index (χ3v) is 2.97. The second kappa shape index (κ2) is 5.42.